The van der Waals surface area contributed by atoms with E-state index in [1.54, 1.807) is 0 Å². The first kappa shape index (κ1) is 13.6. The third-order valence-corrected chi connectivity index (χ3v) is 4.22. The number of aliphatic hydroxyl groups excluding tert-OH is 1. The summed E-state index contributed by atoms with van der Waals surface area (Å²) in [6.45, 7) is 6.40. The maximum Gasteiger partial charge on any atom is 0.105 e. The van der Waals surface area contributed by atoms with Crippen molar-refractivity contribution in [1.29, 1.82) is 0 Å². The third kappa shape index (κ3) is 3.12. The Hall–Kier alpha value is -0.870. The van der Waals surface area contributed by atoms with Gasteiger partial charge in [-0.05, 0) is 26.7 Å². The molecule has 0 aromatic carbocycles. The van der Waals surface area contributed by atoms with Crippen LogP contribution >= 0.6 is 0 Å². The summed E-state index contributed by atoms with van der Waals surface area (Å²) in [6.07, 6.45) is 8.70. The summed E-state index contributed by atoms with van der Waals surface area (Å²) >= 11 is 0. The van der Waals surface area contributed by atoms with Crippen molar-refractivity contribution in [2.75, 3.05) is 13.2 Å². The molecule has 1 aliphatic carbocycles. The fourth-order valence-electron chi connectivity index (χ4n) is 2.86. The zero-order valence-electron chi connectivity index (χ0n) is 11.5. The monoisotopic (exact) mass is 251 g/mol. The number of aryl methyl sites for hydroxylation is 1. The van der Waals surface area contributed by atoms with E-state index in [0.717, 1.165) is 31.8 Å². The predicted molar refractivity (Wildman–Crippen MR) is 72.4 cm³/mol. The van der Waals surface area contributed by atoms with Crippen molar-refractivity contribution in [3.8, 4) is 0 Å². The molecular formula is C14H25N3O. The lowest BCUT2D eigenvalue weighted by atomic mass is 9.87. The van der Waals surface area contributed by atoms with Crippen molar-refractivity contribution in [2.24, 2.45) is 5.41 Å². The summed E-state index contributed by atoms with van der Waals surface area (Å²) < 4.78 is 2.16. The van der Waals surface area contributed by atoms with Crippen LogP contribution in [0.25, 0.3) is 0 Å². The van der Waals surface area contributed by atoms with Crippen LogP contribution in [0.1, 0.15) is 38.4 Å². The Labute approximate surface area is 109 Å². The summed E-state index contributed by atoms with van der Waals surface area (Å²) in [4.78, 5) is 4.23. The Balaban J connectivity index is 1.81. The highest BCUT2D eigenvalue weighted by Gasteiger charge is 2.33. The molecule has 0 aliphatic heterocycles. The highest BCUT2D eigenvalue weighted by molar-refractivity contribution is 4.90. The van der Waals surface area contributed by atoms with E-state index in [4.69, 9.17) is 0 Å². The van der Waals surface area contributed by atoms with Crippen LogP contribution in [0.4, 0.5) is 0 Å². The second kappa shape index (κ2) is 5.85. The molecule has 1 atom stereocenters. The Bertz CT molecular complexity index is 369. The molecule has 2 N–H and O–H groups in total. The lowest BCUT2D eigenvalue weighted by molar-refractivity contribution is 0.124. The molecule has 102 valence electrons. The standard InChI is InChI=1S/C14H25N3O/c1-12(9-17-8-7-15-13(17)2)16-10-14(11-18)5-3-4-6-14/h7-8,12,16,18H,3-6,9-11H2,1-2H3. The number of nitrogens with zero attached hydrogens (tertiary/aromatic N) is 2. The van der Waals surface area contributed by atoms with Crippen LogP contribution in [0.2, 0.25) is 0 Å². The minimum absolute atomic E-state index is 0.137. The van der Waals surface area contributed by atoms with Gasteiger partial charge in [0.05, 0.1) is 0 Å². The van der Waals surface area contributed by atoms with Gasteiger partial charge in [0, 0.05) is 43.5 Å². The van der Waals surface area contributed by atoms with Gasteiger partial charge in [-0.1, -0.05) is 12.8 Å². The molecule has 4 nitrogen and oxygen atoms in total. The van der Waals surface area contributed by atoms with Gasteiger partial charge in [-0.3, -0.25) is 0 Å². The second-order valence-corrected chi connectivity index (χ2v) is 5.77. The number of rotatable bonds is 6. The highest BCUT2D eigenvalue weighted by Crippen LogP contribution is 2.36. The van der Waals surface area contributed by atoms with Gasteiger partial charge in [0.1, 0.15) is 5.82 Å². The summed E-state index contributed by atoms with van der Waals surface area (Å²) in [6, 6.07) is 0.405. The molecule has 1 aliphatic rings. The van der Waals surface area contributed by atoms with Crippen LogP contribution in [0, 0.1) is 12.3 Å². The number of imidazole rings is 1. The topological polar surface area (TPSA) is 50.1 Å². The minimum Gasteiger partial charge on any atom is -0.396 e. The minimum atomic E-state index is 0.137. The first-order valence-corrected chi connectivity index (χ1v) is 6.97. The van der Waals surface area contributed by atoms with Crippen LogP contribution in [0.15, 0.2) is 12.4 Å². The quantitative estimate of drug-likeness (QED) is 0.809. The van der Waals surface area contributed by atoms with Gasteiger partial charge in [0.25, 0.3) is 0 Å². The van der Waals surface area contributed by atoms with Gasteiger partial charge >= 0.3 is 0 Å². The van der Waals surface area contributed by atoms with Gasteiger partial charge in [-0.15, -0.1) is 0 Å². The number of nitrogens with one attached hydrogen (secondary N) is 1. The largest absolute Gasteiger partial charge is 0.396 e. The lowest BCUT2D eigenvalue weighted by Crippen LogP contribution is -2.41. The van der Waals surface area contributed by atoms with E-state index in [0.29, 0.717) is 12.6 Å². The van der Waals surface area contributed by atoms with Crippen molar-refractivity contribution in [3.05, 3.63) is 18.2 Å². The molecule has 1 unspecified atom stereocenters. The first-order valence-electron chi connectivity index (χ1n) is 6.97. The van der Waals surface area contributed by atoms with Gasteiger partial charge in [0.15, 0.2) is 0 Å². The second-order valence-electron chi connectivity index (χ2n) is 5.77. The number of hydrogen-bond acceptors (Lipinski definition) is 3. The summed E-state index contributed by atoms with van der Waals surface area (Å²) in [5, 5.41) is 13.1. The van der Waals surface area contributed by atoms with E-state index in [1.807, 2.05) is 19.3 Å². The van der Waals surface area contributed by atoms with Crippen LogP contribution in [-0.4, -0.2) is 33.9 Å². The van der Waals surface area contributed by atoms with E-state index >= 15 is 0 Å². The smallest absolute Gasteiger partial charge is 0.105 e. The highest BCUT2D eigenvalue weighted by atomic mass is 16.3. The van der Waals surface area contributed by atoms with E-state index in [9.17, 15) is 5.11 Å². The lowest BCUT2D eigenvalue weighted by Gasteiger charge is -2.29. The van der Waals surface area contributed by atoms with Crippen LogP contribution in [0.3, 0.4) is 0 Å². The molecule has 2 rings (SSSR count). The molecule has 0 radical (unpaired) electrons. The molecule has 0 bridgehead atoms. The fourth-order valence-corrected chi connectivity index (χ4v) is 2.86. The van der Waals surface area contributed by atoms with Gasteiger partial charge in [-0.2, -0.15) is 0 Å². The molecule has 1 heterocycles. The maximum atomic E-state index is 9.58. The van der Waals surface area contributed by atoms with E-state index < -0.39 is 0 Å². The Kier molecular flexibility index (Phi) is 4.40. The first-order chi connectivity index (χ1) is 8.65. The average Bonchev–Trinajstić information content (AvgIpc) is 2.98. The zero-order valence-corrected chi connectivity index (χ0v) is 11.5. The van der Waals surface area contributed by atoms with Crippen molar-refractivity contribution in [2.45, 2.75) is 52.1 Å². The molecule has 0 amide bonds. The van der Waals surface area contributed by atoms with Crippen LogP contribution < -0.4 is 5.32 Å². The van der Waals surface area contributed by atoms with Crippen LogP contribution in [-0.2, 0) is 6.54 Å². The molecular weight excluding hydrogens is 226 g/mol. The molecule has 4 heteroatoms. The summed E-state index contributed by atoms with van der Waals surface area (Å²) in [5.74, 6) is 1.06. The number of aliphatic hydroxyl groups is 1. The van der Waals surface area contributed by atoms with Gasteiger partial charge in [0.2, 0.25) is 0 Å². The maximum absolute atomic E-state index is 9.58. The summed E-state index contributed by atoms with van der Waals surface area (Å²) in [7, 11) is 0. The number of aromatic nitrogens is 2. The molecule has 18 heavy (non-hydrogen) atoms. The summed E-state index contributed by atoms with van der Waals surface area (Å²) in [5.41, 5.74) is 0.137. The van der Waals surface area contributed by atoms with Gasteiger partial charge in [-0.25, -0.2) is 4.98 Å². The molecule has 1 fully saturated rings. The van der Waals surface area contributed by atoms with E-state index in [2.05, 4.69) is 21.8 Å². The average molecular weight is 251 g/mol. The Morgan fingerprint density at radius 2 is 2.22 bits per heavy atom. The Morgan fingerprint density at radius 1 is 1.50 bits per heavy atom. The third-order valence-electron chi connectivity index (χ3n) is 4.22. The van der Waals surface area contributed by atoms with Crippen LogP contribution in [0.5, 0.6) is 0 Å². The SMILES string of the molecule is Cc1nccn1CC(C)NCC1(CO)CCCC1. The van der Waals surface area contributed by atoms with Crippen molar-refractivity contribution in [1.82, 2.24) is 14.9 Å². The number of hydrogen-bond donors (Lipinski definition) is 2. The normalized spacial score (nSPS) is 20.2. The van der Waals surface area contributed by atoms with E-state index in [1.165, 1.54) is 12.8 Å². The fraction of sp³-hybridized carbons (Fsp3) is 0.786. The molecule has 0 saturated heterocycles. The predicted octanol–water partition coefficient (Wildman–Crippen LogP) is 1.72. The zero-order chi connectivity index (χ0) is 13.0. The van der Waals surface area contributed by atoms with Gasteiger partial charge < -0.3 is 15.0 Å². The van der Waals surface area contributed by atoms with Crippen molar-refractivity contribution < 1.29 is 5.11 Å². The van der Waals surface area contributed by atoms with E-state index in [-0.39, 0.29) is 5.41 Å². The van der Waals surface area contributed by atoms with Crippen molar-refractivity contribution >= 4 is 0 Å². The van der Waals surface area contributed by atoms with Crippen molar-refractivity contribution in [3.63, 3.8) is 0 Å². The molecule has 1 saturated carbocycles. The Morgan fingerprint density at radius 3 is 2.78 bits per heavy atom. The molecule has 0 spiro atoms. The molecule has 1 aromatic rings. The molecule has 1 aromatic heterocycles.